The van der Waals surface area contributed by atoms with Crippen molar-refractivity contribution in [3.8, 4) is 11.5 Å². The van der Waals surface area contributed by atoms with Crippen LogP contribution in [0.15, 0.2) is 84.4 Å². The summed E-state index contributed by atoms with van der Waals surface area (Å²) in [5.74, 6) is -22.1. The molecule has 56 heavy (non-hydrogen) atoms. The monoisotopic (exact) mass is 810 g/mol. The predicted molar refractivity (Wildman–Crippen MR) is 194 cm³/mol. The van der Waals surface area contributed by atoms with Gasteiger partial charge in [0.25, 0.3) is 11.8 Å². The van der Waals surface area contributed by atoms with E-state index >= 15 is 8.78 Å². The third kappa shape index (κ3) is 5.23. The second kappa shape index (κ2) is 13.4. The Morgan fingerprint density at radius 3 is 2.04 bits per heavy atom. The maximum Gasteiger partial charge on any atom is 0.258 e. The van der Waals surface area contributed by atoms with Crippen molar-refractivity contribution in [2.45, 2.75) is 48.5 Å². The van der Waals surface area contributed by atoms with Crippen LogP contribution in [0.25, 0.3) is 0 Å². The minimum atomic E-state index is -2.79. The zero-order chi connectivity index (χ0) is 40.0. The van der Waals surface area contributed by atoms with Gasteiger partial charge in [-0.1, -0.05) is 67.1 Å². The number of aromatic hydroxyl groups is 1. The van der Waals surface area contributed by atoms with Crippen LogP contribution in [0.2, 0.25) is 0 Å². The van der Waals surface area contributed by atoms with E-state index < -0.39 is 104 Å². The quantitative estimate of drug-likeness (QED) is 0.0507. The molecule has 0 radical (unpaired) electrons. The summed E-state index contributed by atoms with van der Waals surface area (Å²) < 4.78 is 79.8. The minimum Gasteiger partial charge on any atom is -0.508 e. The SMILES string of the molecule is CCc1ccc(N2C(=O)[C@H]3[C@H](CC=C4[C@H]3C[C@@]3(Cl)C(=O)N(c5c(F)c(F)c(F)c(F)c5F)C(=O)[C@@]3(Cl)[C@H]4c3ccc(OCc4ccccc4)cc3O)C2=O)cc1. The van der Waals surface area contributed by atoms with E-state index in [0.717, 1.165) is 16.0 Å². The Hall–Kier alpha value is -5.27. The number of ether oxygens (including phenoxy) is 1. The van der Waals surface area contributed by atoms with Crippen LogP contribution < -0.4 is 14.5 Å². The van der Waals surface area contributed by atoms with E-state index in [9.17, 15) is 37.5 Å². The van der Waals surface area contributed by atoms with Crippen LogP contribution in [-0.4, -0.2) is 38.5 Å². The first-order chi connectivity index (χ1) is 26.6. The summed E-state index contributed by atoms with van der Waals surface area (Å²) in [5, 5.41) is 11.6. The van der Waals surface area contributed by atoms with Crippen molar-refractivity contribution in [1.82, 2.24) is 0 Å². The highest BCUT2D eigenvalue weighted by molar-refractivity contribution is 6.58. The Labute approximate surface area is 326 Å². The lowest BCUT2D eigenvalue weighted by Gasteiger charge is -2.50. The molecule has 2 saturated heterocycles. The Morgan fingerprint density at radius 2 is 1.41 bits per heavy atom. The number of alkyl halides is 2. The van der Waals surface area contributed by atoms with E-state index in [-0.39, 0.29) is 34.8 Å². The summed E-state index contributed by atoms with van der Waals surface area (Å²) >= 11 is 14.4. The molecule has 0 unspecified atom stereocenters. The van der Waals surface area contributed by atoms with E-state index in [1.165, 1.54) is 18.2 Å². The number of anilines is 2. The van der Waals surface area contributed by atoms with Crippen molar-refractivity contribution in [2.24, 2.45) is 17.8 Å². The van der Waals surface area contributed by atoms with Gasteiger partial charge in [-0.2, -0.15) is 0 Å². The summed E-state index contributed by atoms with van der Waals surface area (Å²) in [4.78, 5) is 52.6. The van der Waals surface area contributed by atoms with E-state index in [1.807, 2.05) is 25.1 Å². The number of rotatable bonds is 7. The van der Waals surface area contributed by atoms with Gasteiger partial charge < -0.3 is 9.84 Å². The van der Waals surface area contributed by atoms with Crippen LogP contribution in [-0.2, 0) is 32.2 Å². The molecule has 0 spiro atoms. The van der Waals surface area contributed by atoms with Gasteiger partial charge in [0.2, 0.25) is 17.6 Å². The summed E-state index contributed by atoms with van der Waals surface area (Å²) in [6, 6.07) is 19.8. The van der Waals surface area contributed by atoms with Gasteiger partial charge in [-0.05, 0) is 54.5 Å². The number of imide groups is 2. The third-order valence-electron chi connectivity index (χ3n) is 11.4. The van der Waals surface area contributed by atoms with Gasteiger partial charge in [0, 0.05) is 17.5 Å². The maximum atomic E-state index is 15.4. The molecule has 2 aliphatic heterocycles. The molecule has 4 aromatic rings. The van der Waals surface area contributed by atoms with Crippen molar-refractivity contribution in [2.75, 3.05) is 9.80 Å². The fourth-order valence-corrected chi connectivity index (χ4v) is 9.57. The normalized spacial score (nSPS) is 27.0. The molecule has 0 bridgehead atoms. The van der Waals surface area contributed by atoms with Crippen LogP contribution in [0.1, 0.15) is 42.4 Å². The Kier molecular flexibility index (Phi) is 9.04. The smallest absolute Gasteiger partial charge is 0.258 e. The van der Waals surface area contributed by atoms with Crippen molar-refractivity contribution >= 4 is 58.2 Å². The fourth-order valence-electron chi connectivity index (χ4n) is 8.65. The van der Waals surface area contributed by atoms with Gasteiger partial charge in [-0.15, -0.1) is 23.2 Å². The molecule has 8 rings (SSSR count). The molecule has 2 aliphatic carbocycles. The van der Waals surface area contributed by atoms with E-state index in [0.29, 0.717) is 12.1 Å². The minimum absolute atomic E-state index is 0.0497. The first kappa shape index (κ1) is 37.6. The molecule has 1 saturated carbocycles. The van der Waals surface area contributed by atoms with Crippen LogP contribution in [0.4, 0.5) is 33.3 Å². The van der Waals surface area contributed by atoms with Crippen molar-refractivity contribution < 1.29 is 51.0 Å². The number of hydrogen-bond donors (Lipinski definition) is 1. The lowest BCUT2D eigenvalue weighted by Crippen LogP contribution is -2.60. The predicted octanol–water partition coefficient (Wildman–Crippen LogP) is 8.00. The lowest BCUT2D eigenvalue weighted by atomic mass is 9.56. The highest BCUT2D eigenvalue weighted by Gasteiger charge is 2.77. The van der Waals surface area contributed by atoms with Crippen molar-refractivity contribution in [3.63, 3.8) is 0 Å². The summed E-state index contributed by atoms with van der Waals surface area (Å²) in [6.07, 6.45) is 1.54. The van der Waals surface area contributed by atoms with Gasteiger partial charge in [0.15, 0.2) is 33.0 Å². The molecule has 288 valence electrons. The molecule has 1 N–H and O–H groups in total. The molecule has 6 atom stereocenters. The van der Waals surface area contributed by atoms with Crippen molar-refractivity contribution in [3.05, 3.63) is 130 Å². The average molecular weight is 812 g/mol. The molecule has 4 amide bonds. The zero-order valence-electron chi connectivity index (χ0n) is 29.2. The molecule has 4 aliphatic rings. The number of phenolic OH excluding ortho intramolecular Hbond substituents is 1. The molecule has 15 heteroatoms. The van der Waals surface area contributed by atoms with E-state index in [4.69, 9.17) is 27.9 Å². The van der Waals surface area contributed by atoms with Gasteiger partial charge in [0.1, 0.15) is 23.8 Å². The summed E-state index contributed by atoms with van der Waals surface area (Å²) in [5.41, 5.74) is 0.231. The van der Waals surface area contributed by atoms with Crippen LogP contribution in [0.3, 0.4) is 0 Å². The number of halogens is 7. The van der Waals surface area contributed by atoms with Crippen LogP contribution in [0.5, 0.6) is 11.5 Å². The Bertz CT molecular complexity index is 2370. The number of amides is 4. The number of benzene rings is 4. The number of fused-ring (bicyclic) bond motifs is 4. The second-order valence-corrected chi connectivity index (χ2v) is 15.5. The number of hydrogen-bond acceptors (Lipinski definition) is 6. The topological polar surface area (TPSA) is 104 Å². The number of nitrogens with zero attached hydrogens (tertiary/aromatic N) is 2. The Balaban J connectivity index is 1.27. The Morgan fingerprint density at radius 1 is 0.768 bits per heavy atom. The molecule has 3 fully saturated rings. The number of carbonyl (C=O) groups is 4. The van der Waals surface area contributed by atoms with Gasteiger partial charge in [-0.3, -0.25) is 24.1 Å². The van der Waals surface area contributed by atoms with Gasteiger partial charge in [-0.25, -0.2) is 26.9 Å². The van der Waals surface area contributed by atoms with E-state index in [1.54, 1.807) is 42.5 Å². The first-order valence-corrected chi connectivity index (χ1v) is 18.4. The highest BCUT2D eigenvalue weighted by Crippen LogP contribution is 2.67. The molecular formula is C41H29Cl2F5N2O6. The lowest BCUT2D eigenvalue weighted by molar-refractivity contribution is -0.125. The number of carbonyl (C=O) groups excluding carboxylic acids is 4. The van der Waals surface area contributed by atoms with E-state index in [2.05, 4.69) is 0 Å². The van der Waals surface area contributed by atoms with Crippen LogP contribution in [0, 0.1) is 46.8 Å². The fraction of sp³-hybridized carbons (Fsp3) is 0.268. The molecule has 4 aromatic carbocycles. The first-order valence-electron chi connectivity index (χ1n) is 17.6. The largest absolute Gasteiger partial charge is 0.508 e. The molecule has 2 heterocycles. The number of allylic oxidation sites excluding steroid dienone is 2. The highest BCUT2D eigenvalue weighted by atomic mass is 35.5. The standard InChI is InChI=1S/C41H29Cl2F5N2O6/c1-2-19-8-10-21(11-9-19)49-36(52)25-15-14-23-26(28(25)37(49)53)17-40(42)38(54)50(35-33(47)31(45)30(44)32(46)34(35)48)39(55)41(40,43)29(23)24-13-12-22(16-27(24)51)56-18-20-6-4-3-5-7-20/h3-14,16,25-26,28-29,51H,2,15,17-18H2,1H3/t25-,26+,28-,29+,40+,41-/m0/s1. The molecular weight excluding hydrogens is 782 g/mol. The number of aryl methyl sites for hydroxylation is 1. The van der Waals surface area contributed by atoms with Gasteiger partial charge >= 0.3 is 0 Å². The third-order valence-corrected chi connectivity index (χ3v) is 12.8. The number of phenols is 1. The molecule has 8 nitrogen and oxygen atoms in total. The zero-order valence-corrected chi connectivity index (χ0v) is 30.7. The summed E-state index contributed by atoms with van der Waals surface area (Å²) in [6.45, 7) is 2.04. The van der Waals surface area contributed by atoms with Crippen molar-refractivity contribution in [1.29, 1.82) is 0 Å². The maximum absolute atomic E-state index is 15.4. The second-order valence-electron chi connectivity index (χ2n) is 14.2. The van der Waals surface area contributed by atoms with Crippen LogP contribution >= 0.6 is 23.2 Å². The average Bonchev–Trinajstić information content (AvgIpc) is 3.54. The van der Waals surface area contributed by atoms with Gasteiger partial charge in [0.05, 0.1) is 17.5 Å². The molecule has 0 aromatic heterocycles. The summed E-state index contributed by atoms with van der Waals surface area (Å²) in [7, 11) is 0.